The zero-order valence-electron chi connectivity index (χ0n) is 17.5. The van der Waals surface area contributed by atoms with Gasteiger partial charge in [-0.1, -0.05) is 6.92 Å². The monoisotopic (exact) mass is 429 g/mol. The van der Waals surface area contributed by atoms with Gasteiger partial charge in [0.25, 0.3) is 0 Å². The quantitative estimate of drug-likeness (QED) is 0.617. The summed E-state index contributed by atoms with van der Waals surface area (Å²) in [6.45, 7) is 7.66. The highest BCUT2D eigenvalue weighted by Crippen LogP contribution is 2.32. The van der Waals surface area contributed by atoms with E-state index in [-0.39, 0.29) is 18.2 Å². The third-order valence-corrected chi connectivity index (χ3v) is 6.20. The number of aromatic nitrogens is 3. The fourth-order valence-electron chi connectivity index (χ4n) is 4.71. The first-order valence-corrected chi connectivity index (χ1v) is 10.9. The molecule has 0 unspecified atom stereocenters. The van der Waals surface area contributed by atoms with Gasteiger partial charge in [-0.05, 0) is 62.9 Å². The number of benzene rings is 1. The van der Waals surface area contributed by atoms with Crippen molar-refractivity contribution in [2.75, 3.05) is 37.6 Å². The molecular formula is C23H29ClFN5. The molecule has 0 radical (unpaired) electrons. The maximum atomic E-state index is 13.4. The lowest BCUT2D eigenvalue weighted by molar-refractivity contribution is 0.257. The van der Waals surface area contributed by atoms with Gasteiger partial charge in [-0.25, -0.2) is 9.37 Å². The van der Waals surface area contributed by atoms with Gasteiger partial charge in [0.15, 0.2) is 5.65 Å². The molecule has 0 saturated carbocycles. The Balaban J connectivity index is 0.00000218. The van der Waals surface area contributed by atoms with E-state index < -0.39 is 0 Å². The van der Waals surface area contributed by atoms with Crippen LogP contribution in [-0.4, -0.2) is 52.2 Å². The number of nitrogens with zero attached hydrogens (tertiary/aromatic N) is 5. The second-order valence-corrected chi connectivity index (χ2v) is 8.20. The highest BCUT2D eigenvalue weighted by atomic mass is 35.5. The van der Waals surface area contributed by atoms with E-state index in [9.17, 15) is 4.39 Å². The summed E-state index contributed by atoms with van der Waals surface area (Å²) in [6, 6.07) is 8.61. The first kappa shape index (κ1) is 21.1. The van der Waals surface area contributed by atoms with Crippen molar-refractivity contribution in [3.05, 3.63) is 47.4 Å². The van der Waals surface area contributed by atoms with E-state index in [1.807, 2.05) is 10.6 Å². The average molecular weight is 430 g/mol. The Labute approximate surface area is 183 Å². The molecule has 0 amide bonds. The number of hydrogen-bond donors (Lipinski definition) is 0. The molecule has 1 saturated heterocycles. The minimum absolute atomic E-state index is 0. The lowest BCUT2D eigenvalue weighted by Crippen LogP contribution is -2.47. The zero-order chi connectivity index (χ0) is 19.8. The van der Waals surface area contributed by atoms with Crippen LogP contribution in [0.5, 0.6) is 0 Å². The van der Waals surface area contributed by atoms with Crippen LogP contribution in [0.15, 0.2) is 30.3 Å². The number of rotatable bonds is 4. The highest BCUT2D eigenvalue weighted by Gasteiger charge is 2.26. The molecule has 30 heavy (non-hydrogen) atoms. The first-order chi connectivity index (χ1) is 14.2. The van der Waals surface area contributed by atoms with E-state index in [1.165, 1.54) is 55.0 Å². The van der Waals surface area contributed by atoms with Gasteiger partial charge in [0, 0.05) is 49.1 Å². The molecule has 1 fully saturated rings. The molecule has 7 heteroatoms. The zero-order valence-corrected chi connectivity index (χ0v) is 18.3. The molecular weight excluding hydrogens is 401 g/mol. The van der Waals surface area contributed by atoms with Crippen molar-refractivity contribution in [2.45, 2.75) is 39.0 Å². The molecule has 1 aliphatic carbocycles. The Morgan fingerprint density at radius 1 is 1.00 bits per heavy atom. The molecule has 1 aliphatic heterocycles. The first-order valence-electron chi connectivity index (χ1n) is 10.9. The minimum Gasteiger partial charge on any atom is -0.354 e. The second-order valence-electron chi connectivity index (χ2n) is 8.20. The Morgan fingerprint density at radius 2 is 1.73 bits per heavy atom. The normalized spacial score (nSPS) is 17.1. The average Bonchev–Trinajstić information content (AvgIpc) is 3.17. The SMILES string of the molecule is CCCN1CCN(c2c3c(nc4cc(-c5ccc(F)cc5)nn24)CCCC3)CC1.Cl. The molecule has 1 aromatic carbocycles. The van der Waals surface area contributed by atoms with Crippen LogP contribution in [0.25, 0.3) is 16.9 Å². The fraction of sp³-hybridized carbons (Fsp3) is 0.478. The third-order valence-electron chi connectivity index (χ3n) is 6.20. The van der Waals surface area contributed by atoms with Crippen molar-refractivity contribution in [1.29, 1.82) is 0 Å². The van der Waals surface area contributed by atoms with E-state index in [0.29, 0.717) is 0 Å². The van der Waals surface area contributed by atoms with Gasteiger partial charge < -0.3 is 4.90 Å². The van der Waals surface area contributed by atoms with Crippen molar-refractivity contribution >= 4 is 23.9 Å². The highest BCUT2D eigenvalue weighted by molar-refractivity contribution is 5.85. The molecule has 5 rings (SSSR count). The van der Waals surface area contributed by atoms with Crippen LogP contribution in [0.3, 0.4) is 0 Å². The summed E-state index contributed by atoms with van der Waals surface area (Å²) in [4.78, 5) is 10.0. The van der Waals surface area contributed by atoms with Crippen LogP contribution in [0, 0.1) is 5.82 Å². The van der Waals surface area contributed by atoms with E-state index in [4.69, 9.17) is 10.1 Å². The lowest BCUT2D eigenvalue weighted by atomic mass is 9.96. The fourth-order valence-corrected chi connectivity index (χ4v) is 4.71. The standard InChI is InChI=1S/C23H28FN5.ClH/c1-2-11-27-12-14-28(15-13-27)23-19-5-3-4-6-20(19)25-22-16-21(26-29(22)23)17-7-9-18(24)10-8-17;/h7-10,16H,2-6,11-15H2,1H3;1H. The largest absolute Gasteiger partial charge is 0.354 e. The second kappa shape index (κ2) is 8.90. The van der Waals surface area contributed by atoms with Crippen LogP contribution in [0.2, 0.25) is 0 Å². The van der Waals surface area contributed by atoms with Crippen LogP contribution in [0.1, 0.15) is 37.4 Å². The summed E-state index contributed by atoms with van der Waals surface area (Å²) in [5.41, 5.74) is 5.29. The van der Waals surface area contributed by atoms with Crippen molar-refractivity contribution in [3.8, 4) is 11.3 Å². The van der Waals surface area contributed by atoms with Crippen molar-refractivity contribution < 1.29 is 4.39 Å². The molecule has 3 aromatic rings. The maximum Gasteiger partial charge on any atom is 0.158 e. The van der Waals surface area contributed by atoms with Gasteiger partial charge in [0.05, 0.1) is 5.69 Å². The van der Waals surface area contributed by atoms with Gasteiger partial charge in [0.1, 0.15) is 11.6 Å². The van der Waals surface area contributed by atoms with E-state index in [1.54, 1.807) is 12.1 Å². The molecule has 0 bridgehead atoms. The topological polar surface area (TPSA) is 36.7 Å². The number of hydrogen-bond acceptors (Lipinski definition) is 4. The molecule has 5 nitrogen and oxygen atoms in total. The number of fused-ring (bicyclic) bond motifs is 2. The summed E-state index contributed by atoms with van der Waals surface area (Å²) in [7, 11) is 0. The third kappa shape index (κ3) is 3.91. The van der Waals surface area contributed by atoms with Gasteiger partial charge in [0.2, 0.25) is 0 Å². The van der Waals surface area contributed by atoms with E-state index in [0.717, 1.165) is 55.9 Å². The molecule has 0 atom stereocenters. The van der Waals surface area contributed by atoms with Crippen LogP contribution in [-0.2, 0) is 12.8 Å². The molecule has 0 N–H and O–H groups in total. The van der Waals surface area contributed by atoms with Crippen molar-refractivity contribution in [1.82, 2.24) is 19.5 Å². The maximum absolute atomic E-state index is 13.4. The van der Waals surface area contributed by atoms with E-state index in [2.05, 4.69) is 16.7 Å². The Morgan fingerprint density at radius 3 is 2.47 bits per heavy atom. The Bertz CT molecular complexity index is 1010. The van der Waals surface area contributed by atoms with Crippen LogP contribution in [0.4, 0.5) is 10.2 Å². The molecule has 2 aliphatic rings. The summed E-state index contributed by atoms with van der Waals surface area (Å²) < 4.78 is 15.4. The Kier molecular flexibility index (Phi) is 6.25. The predicted octanol–water partition coefficient (Wildman–Crippen LogP) is 4.37. The number of halogens is 2. The Hall–Kier alpha value is -2.18. The number of anilines is 1. The summed E-state index contributed by atoms with van der Waals surface area (Å²) in [6.07, 6.45) is 5.75. The van der Waals surface area contributed by atoms with Crippen molar-refractivity contribution in [3.63, 3.8) is 0 Å². The lowest BCUT2D eigenvalue weighted by Gasteiger charge is -2.37. The van der Waals surface area contributed by atoms with Crippen LogP contribution < -0.4 is 4.90 Å². The van der Waals surface area contributed by atoms with Crippen molar-refractivity contribution in [2.24, 2.45) is 0 Å². The predicted molar refractivity (Wildman–Crippen MR) is 121 cm³/mol. The van der Waals surface area contributed by atoms with Gasteiger partial charge in [-0.3, -0.25) is 4.90 Å². The van der Waals surface area contributed by atoms with Crippen LogP contribution >= 0.6 is 12.4 Å². The van der Waals surface area contributed by atoms with Gasteiger partial charge >= 0.3 is 0 Å². The summed E-state index contributed by atoms with van der Waals surface area (Å²) >= 11 is 0. The van der Waals surface area contributed by atoms with Gasteiger partial charge in [-0.2, -0.15) is 9.61 Å². The molecule has 2 aromatic heterocycles. The molecule has 3 heterocycles. The smallest absolute Gasteiger partial charge is 0.158 e. The number of aryl methyl sites for hydroxylation is 1. The summed E-state index contributed by atoms with van der Waals surface area (Å²) in [5, 5.41) is 4.93. The van der Waals surface area contributed by atoms with Gasteiger partial charge in [-0.15, -0.1) is 12.4 Å². The molecule has 0 spiro atoms. The molecule has 160 valence electrons. The number of piperazine rings is 1. The minimum atomic E-state index is -0.225. The van der Waals surface area contributed by atoms with E-state index >= 15 is 0 Å². The summed E-state index contributed by atoms with van der Waals surface area (Å²) in [5.74, 6) is 1.01.